The Hall–Kier alpha value is -1.10. The Morgan fingerprint density at radius 3 is 3.08 bits per heavy atom. The van der Waals surface area contributed by atoms with E-state index < -0.39 is 6.10 Å². The van der Waals surface area contributed by atoms with Crippen LogP contribution in [0.1, 0.15) is 31.5 Å². The number of aliphatic hydroxyl groups is 1. The monoisotopic (exact) mass is 183 g/mol. The molecule has 72 valence electrons. The van der Waals surface area contributed by atoms with Crippen molar-refractivity contribution in [1.82, 2.24) is 10.1 Å². The van der Waals surface area contributed by atoms with Crippen molar-refractivity contribution in [2.75, 3.05) is 11.9 Å². The van der Waals surface area contributed by atoms with Crippen LogP contribution in [-0.2, 0) is 0 Å². The summed E-state index contributed by atoms with van der Waals surface area (Å²) in [5.41, 5.74) is 0. The number of anilines is 1. The number of rotatable bonds is 4. The van der Waals surface area contributed by atoms with Gasteiger partial charge < -0.3 is 14.9 Å². The number of aliphatic hydroxyl groups excluding tert-OH is 1. The van der Waals surface area contributed by atoms with E-state index in [4.69, 9.17) is 9.63 Å². The van der Waals surface area contributed by atoms with Gasteiger partial charge in [-0.05, 0) is 19.8 Å². The van der Waals surface area contributed by atoms with Crippen molar-refractivity contribution in [3.05, 3.63) is 5.82 Å². The number of nitrogens with zero attached hydrogens (tertiary/aromatic N) is 2. The van der Waals surface area contributed by atoms with E-state index in [2.05, 4.69) is 15.5 Å². The van der Waals surface area contributed by atoms with Crippen LogP contribution < -0.4 is 5.32 Å². The van der Waals surface area contributed by atoms with E-state index >= 15 is 0 Å². The molecule has 1 heterocycles. The molecule has 1 saturated carbocycles. The molecule has 0 aromatic carbocycles. The van der Waals surface area contributed by atoms with Gasteiger partial charge in [-0.1, -0.05) is 5.16 Å². The zero-order chi connectivity index (χ0) is 9.26. The number of nitrogens with one attached hydrogen (secondary N) is 1. The largest absolute Gasteiger partial charge is 0.392 e. The molecule has 2 N–H and O–H groups in total. The first kappa shape index (κ1) is 8.50. The Balaban J connectivity index is 1.89. The minimum absolute atomic E-state index is 0.405. The van der Waals surface area contributed by atoms with Gasteiger partial charge in [0.1, 0.15) is 0 Å². The van der Waals surface area contributed by atoms with Crippen molar-refractivity contribution in [3.8, 4) is 0 Å². The molecule has 13 heavy (non-hydrogen) atoms. The molecule has 1 unspecified atom stereocenters. The summed E-state index contributed by atoms with van der Waals surface area (Å²) in [4.78, 5) is 4.14. The van der Waals surface area contributed by atoms with E-state index in [1.54, 1.807) is 6.92 Å². The highest BCUT2D eigenvalue weighted by Crippen LogP contribution is 2.38. The fraction of sp³-hybridized carbons (Fsp3) is 0.750. The molecule has 0 aliphatic heterocycles. The minimum Gasteiger partial charge on any atom is -0.392 e. The second kappa shape index (κ2) is 3.33. The van der Waals surface area contributed by atoms with Crippen molar-refractivity contribution >= 4 is 6.01 Å². The van der Waals surface area contributed by atoms with Crippen LogP contribution in [-0.4, -0.2) is 27.9 Å². The standard InChI is InChI=1S/C8H13N3O2/c1-5(12)4-9-8-10-7(11-13-8)6-2-3-6/h5-6,12H,2-4H2,1H3,(H,9,10,11). The van der Waals surface area contributed by atoms with Gasteiger partial charge in [0.15, 0.2) is 5.82 Å². The van der Waals surface area contributed by atoms with Crippen LogP contribution in [0.3, 0.4) is 0 Å². The van der Waals surface area contributed by atoms with Gasteiger partial charge in [-0.3, -0.25) is 0 Å². The molecule has 5 heteroatoms. The maximum Gasteiger partial charge on any atom is 0.321 e. The number of hydrogen-bond acceptors (Lipinski definition) is 5. The Morgan fingerprint density at radius 1 is 1.69 bits per heavy atom. The third-order valence-corrected chi connectivity index (χ3v) is 1.93. The Bertz CT molecular complexity index is 281. The smallest absolute Gasteiger partial charge is 0.321 e. The van der Waals surface area contributed by atoms with E-state index in [1.165, 1.54) is 0 Å². The first-order chi connectivity index (χ1) is 6.25. The molecule has 0 spiro atoms. The second-order valence-corrected chi connectivity index (χ2v) is 3.46. The van der Waals surface area contributed by atoms with E-state index in [-0.39, 0.29) is 0 Å². The summed E-state index contributed by atoms with van der Waals surface area (Å²) in [6.07, 6.45) is 1.92. The van der Waals surface area contributed by atoms with Crippen LogP contribution in [0.15, 0.2) is 4.52 Å². The summed E-state index contributed by atoms with van der Waals surface area (Å²) in [6, 6.07) is 0.405. The van der Waals surface area contributed by atoms with Gasteiger partial charge in [0.05, 0.1) is 6.10 Å². The van der Waals surface area contributed by atoms with Gasteiger partial charge in [-0.2, -0.15) is 4.98 Å². The molecule has 2 rings (SSSR count). The predicted octanol–water partition coefficient (Wildman–Crippen LogP) is 0.740. The summed E-state index contributed by atoms with van der Waals surface area (Å²) in [5.74, 6) is 1.29. The van der Waals surface area contributed by atoms with E-state index in [0.29, 0.717) is 18.5 Å². The summed E-state index contributed by atoms with van der Waals surface area (Å²) in [5, 5.41) is 15.7. The number of hydrogen-bond donors (Lipinski definition) is 2. The van der Waals surface area contributed by atoms with E-state index in [0.717, 1.165) is 18.7 Å². The molecule has 0 radical (unpaired) electrons. The molecule has 1 aliphatic rings. The zero-order valence-corrected chi connectivity index (χ0v) is 7.53. The molecule has 0 saturated heterocycles. The zero-order valence-electron chi connectivity index (χ0n) is 7.53. The lowest BCUT2D eigenvalue weighted by molar-refractivity contribution is 0.207. The molecule has 1 aliphatic carbocycles. The van der Waals surface area contributed by atoms with Crippen LogP contribution in [0.25, 0.3) is 0 Å². The van der Waals surface area contributed by atoms with Crippen molar-refractivity contribution in [2.24, 2.45) is 0 Å². The molecule has 1 atom stereocenters. The molecular formula is C8H13N3O2. The fourth-order valence-electron chi connectivity index (χ4n) is 1.05. The molecular weight excluding hydrogens is 170 g/mol. The van der Waals surface area contributed by atoms with Crippen molar-refractivity contribution in [2.45, 2.75) is 31.8 Å². The third-order valence-electron chi connectivity index (χ3n) is 1.93. The average molecular weight is 183 g/mol. The van der Waals surface area contributed by atoms with Gasteiger partial charge in [-0.15, -0.1) is 0 Å². The maximum atomic E-state index is 8.99. The fourth-order valence-corrected chi connectivity index (χ4v) is 1.05. The summed E-state index contributed by atoms with van der Waals surface area (Å²) in [6.45, 7) is 2.14. The molecule has 1 aromatic heterocycles. The first-order valence-electron chi connectivity index (χ1n) is 4.51. The minimum atomic E-state index is -0.406. The average Bonchev–Trinajstić information content (AvgIpc) is 2.83. The lowest BCUT2D eigenvalue weighted by atomic mass is 10.4. The van der Waals surface area contributed by atoms with Crippen LogP contribution in [0.4, 0.5) is 6.01 Å². The highest BCUT2D eigenvalue weighted by Gasteiger charge is 2.28. The van der Waals surface area contributed by atoms with Crippen LogP contribution >= 0.6 is 0 Å². The third kappa shape index (κ3) is 2.18. The van der Waals surface area contributed by atoms with Crippen molar-refractivity contribution in [3.63, 3.8) is 0 Å². The molecule has 1 aromatic rings. The van der Waals surface area contributed by atoms with Crippen LogP contribution in [0.5, 0.6) is 0 Å². The number of aromatic nitrogens is 2. The van der Waals surface area contributed by atoms with Gasteiger partial charge >= 0.3 is 6.01 Å². The Kier molecular flexibility index (Phi) is 2.18. The molecule has 0 bridgehead atoms. The molecule has 5 nitrogen and oxygen atoms in total. The highest BCUT2D eigenvalue weighted by molar-refractivity contribution is 5.20. The van der Waals surface area contributed by atoms with Gasteiger partial charge in [0.2, 0.25) is 0 Å². The van der Waals surface area contributed by atoms with E-state index in [1.807, 2.05) is 0 Å². The lowest BCUT2D eigenvalue weighted by Crippen LogP contribution is -2.15. The molecule has 0 amide bonds. The maximum absolute atomic E-state index is 8.99. The Morgan fingerprint density at radius 2 is 2.46 bits per heavy atom. The van der Waals surface area contributed by atoms with Crippen LogP contribution in [0.2, 0.25) is 0 Å². The lowest BCUT2D eigenvalue weighted by Gasteiger charge is -2.01. The first-order valence-corrected chi connectivity index (χ1v) is 4.51. The Labute approximate surface area is 76.1 Å². The van der Waals surface area contributed by atoms with Gasteiger partial charge in [0, 0.05) is 12.5 Å². The quantitative estimate of drug-likeness (QED) is 0.720. The SMILES string of the molecule is CC(O)CNc1nc(C2CC2)no1. The predicted molar refractivity (Wildman–Crippen MR) is 46.4 cm³/mol. The van der Waals surface area contributed by atoms with Crippen LogP contribution in [0, 0.1) is 0 Å². The summed E-state index contributed by atoms with van der Waals surface area (Å²) in [7, 11) is 0. The van der Waals surface area contributed by atoms with Gasteiger partial charge in [0.25, 0.3) is 0 Å². The summed E-state index contributed by atoms with van der Waals surface area (Å²) < 4.78 is 4.93. The van der Waals surface area contributed by atoms with Crippen molar-refractivity contribution in [1.29, 1.82) is 0 Å². The normalized spacial score (nSPS) is 18.6. The highest BCUT2D eigenvalue weighted by atomic mass is 16.5. The van der Waals surface area contributed by atoms with Crippen molar-refractivity contribution < 1.29 is 9.63 Å². The second-order valence-electron chi connectivity index (χ2n) is 3.46. The van der Waals surface area contributed by atoms with E-state index in [9.17, 15) is 0 Å². The molecule has 1 fully saturated rings. The summed E-state index contributed by atoms with van der Waals surface area (Å²) >= 11 is 0. The topological polar surface area (TPSA) is 71.2 Å². The van der Waals surface area contributed by atoms with Gasteiger partial charge in [-0.25, -0.2) is 0 Å².